The minimum Gasteiger partial charge on any atom is -0.416 e. The summed E-state index contributed by atoms with van der Waals surface area (Å²) in [7, 11) is 2.14. The van der Waals surface area contributed by atoms with E-state index in [2.05, 4.69) is 27.5 Å². The lowest BCUT2D eigenvalue weighted by Crippen LogP contribution is -2.50. The van der Waals surface area contributed by atoms with E-state index in [1.165, 1.54) is 11.8 Å². The molecule has 15 heavy (non-hydrogen) atoms. The van der Waals surface area contributed by atoms with Crippen LogP contribution in [0, 0.1) is 0 Å². The largest absolute Gasteiger partial charge is 0.416 e. The van der Waals surface area contributed by atoms with E-state index in [1.54, 1.807) is 0 Å². The number of thioether (sulfide) groups is 1. The number of nitrogens with one attached hydrogen (secondary N) is 1. The molecule has 0 radical (unpaired) electrons. The second-order valence-electron chi connectivity index (χ2n) is 3.71. The van der Waals surface area contributed by atoms with Crippen molar-refractivity contribution in [3.63, 3.8) is 0 Å². The Morgan fingerprint density at radius 1 is 1.60 bits per heavy atom. The highest BCUT2D eigenvalue weighted by atomic mass is 32.2. The molecule has 1 aliphatic rings. The lowest BCUT2D eigenvalue weighted by molar-refractivity contribution is 0.189. The minimum atomic E-state index is 0.467. The van der Waals surface area contributed by atoms with Gasteiger partial charge in [-0.2, -0.15) is 0 Å². The third-order valence-electron chi connectivity index (χ3n) is 2.68. The first-order valence-corrected chi connectivity index (χ1v) is 6.29. The van der Waals surface area contributed by atoms with E-state index in [9.17, 15) is 0 Å². The normalized spacial score (nSPS) is 23.2. The molecule has 1 aromatic heterocycles. The number of nitrogens with zero attached hydrogens (tertiary/aromatic N) is 3. The molecule has 2 heterocycles. The van der Waals surface area contributed by atoms with Gasteiger partial charge in [-0.25, -0.2) is 0 Å². The zero-order chi connectivity index (χ0) is 10.7. The molecule has 0 aromatic carbocycles. The molecule has 6 heteroatoms. The van der Waals surface area contributed by atoms with Gasteiger partial charge in [-0.15, -0.1) is 10.2 Å². The summed E-state index contributed by atoms with van der Waals surface area (Å²) in [5.41, 5.74) is 0. The third kappa shape index (κ3) is 2.70. The van der Waals surface area contributed by atoms with E-state index in [0.29, 0.717) is 11.3 Å². The van der Waals surface area contributed by atoms with Crippen molar-refractivity contribution in [2.45, 2.75) is 17.7 Å². The lowest BCUT2D eigenvalue weighted by Gasteiger charge is -2.32. The zero-order valence-corrected chi connectivity index (χ0v) is 9.88. The van der Waals surface area contributed by atoms with Crippen LogP contribution in [0.3, 0.4) is 0 Å². The van der Waals surface area contributed by atoms with Crippen molar-refractivity contribution in [1.82, 2.24) is 20.4 Å². The predicted octanol–water partition coefficient (Wildman–Crippen LogP) is 0.238. The van der Waals surface area contributed by atoms with Gasteiger partial charge in [0.15, 0.2) is 0 Å². The molecule has 1 N–H and O–H groups in total. The molecule has 2 rings (SSSR count). The van der Waals surface area contributed by atoms with E-state index in [-0.39, 0.29) is 0 Å². The van der Waals surface area contributed by atoms with Gasteiger partial charge in [0.2, 0.25) is 5.89 Å². The molecule has 1 saturated heterocycles. The van der Waals surface area contributed by atoms with Crippen molar-refractivity contribution in [1.29, 1.82) is 0 Å². The van der Waals surface area contributed by atoms with Crippen LogP contribution in [0.1, 0.15) is 5.89 Å². The van der Waals surface area contributed by atoms with Gasteiger partial charge in [0.25, 0.3) is 5.22 Å². The fraction of sp³-hybridized carbons (Fsp3) is 0.778. The van der Waals surface area contributed by atoms with Gasteiger partial charge >= 0.3 is 0 Å². The van der Waals surface area contributed by atoms with Gasteiger partial charge < -0.3 is 14.6 Å². The highest BCUT2D eigenvalue weighted by molar-refractivity contribution is 7.98. The van der Waals surface area contributed by atoms with Crippen molar-refractivity contribution in [3.8, 4) is 0 Å². The zero-order valence-electron chi connectivity index (χ0n) is 9.06. The van der Waals surface area contributed by atoms with Crippen LogP contribution >= 0.6 is 11.8 Å². The lowest BCUT2D eigenvalue weighted by atomic mass is 10.1. The SMILES string of the molecule is CSc1nnc(CC2CNCCN2C)o1. The van der Waals surface area contributed by atoms with E-state index < -0.39 is 0 Å². The average Bonchev–Trinajstić information content (AvgIpc) is 2.69. The summed E-state index contributed by atoms with van der Waals surface area (Å²) in [5.74, 6) is 0.736. The fourth-order valence-electron chi connectivity index (χ4n) is 1.70. The van der Waals surface area contributed by atoms with Crippen molar-refractivity contribution >= 4 is 11.8 Å². The van der Waals surface area contributed by atoms with Crippen LogP contribution in [0.15, 0.2) is 9.64 Å². The number of aromatic nitrogens is 2. The quantitative estimate of drug-likeness (QED) is 0.748. The highest BCUT2D eigenvalue weighted by Crippen LogP contribution is 2.14. The second kappa shape index (κ2) is 4.96. The molecule has 1 atom stereocenters. The molecule has 1 aliphatic heterocycles. The number of piperazine rings is 1. The number of likely N-dealkylation sites (N-methyl/N-ethyl adjacent to an activating group) is 1. The molecule has 0 bridgehead atoms. The summed E-state index contributed by atoms with van der Waals surface area (Å²) in [4.78, 5) is 2.33. The molecular weight excluding hydrogens is 212 g/mol. The Morgan fingerprint density at radius 3 is 3.13 bits per heavy atom. The molecular formula is C9H16N4OS. The van der Waals surface area contributed by atoms with Crippen molar-refractivity contribution in [2.24, 2.45) is 0 Å². The predicted molar refractivity (Wildman–Crippen MR) is 59.1 cm³/mol. The first-order chi connectivity index (χ1) is 7.29. The third-order valence-corrected chi connectivity index (χ3v) is 3.19. The van der Waals surface area contributed by atoms with Crippen LogP contribution in [-0.4, -0.2) is 54.1 Å². The molecule has 1 fully saturated rings. The average molecular weight is 228 g/mol. The summed E-state index contributed by atoms with van der Waals surface area (Å²) >= 11 is 1.48. The Hall–Kier alpha value is -0.590. The maximum Gasteiger partial charge on any atom is 0.276 e. The number of hydrogen-bond acceptors (Lipinski definition) is 6. The maximum atomic E-state index is 5.47. The number of hydrogen-bond donors (Lipinski definition) is 1. The van der Waals surface area contributed by atoms with Crippen LogP contribution in [-0.2, 0) is 6.42 Å². The van der Waals surface area contributed by atoms with Gasteiger partial charge in [0.1, 0.15) is 0 Å². The first-order valence-electron chi connectivity index (χ1n) is 5.07. The topological polar surface area (TPSA) is 54.2 Å². The fourth-order valence-corrected chi connectivity index (χ4v) is 2.00. The Balaban J connectivity index is 1.95. The van der Waals surface area contributed by atoms with Crippen LogP contribution in [0.25, 0.3) is 0 Å². The van der Waals surface area contributed by atoms with Crippen LogP contribution in [0.4, 0.5) is 0 Å². The Bertz CT molecular complexity index is 317. The smallest absolute Gasteiger partial charge is 0.276 e. The first kappa shape index (κ1) is 10.9. The summed E-state index contributed by atoms with van der Waals surface area (Å²) in [6.45, 7) is 3.13. The van der Waals surface area contributed by atoms with Crippen molar-refractivity contribution in [3.05, 3.63) is 5.89 Å². The van der Waals surface area contributed by atoms with Gasteiger partial charge in [0.05, 0.1) is 0 Å². The van der Waals surface area contributed by atoms with Gasteiger partial charge in [-0.3, -0.25) is 0 Å². The van der Waals surface area contributed by atoms with E-state index in [0.717, 1.165) is 31.9 Å². The number of rotatable bonds is 3. The maximum absolute atomic E-state index is 5.47. The molecule has 1 aromatic rings. The second-order valence-corrected chi connectivity index (χ2v) is 4.47. The van der Waals surface area contributed by atoms with Crippen LogP contribution in [0.2, 0.25) is 0 Å². The molecule has 0 aliphatic carbocycles. The Kier molecular flexibility index (Phi) is 3.61. The summed E-state index contributed by atoms with van der Waals surface area (Å²) in [5, 5.41) is 12.0. The molecule has 84 valence electrons. The standard InChI is InChI=1S/C9H16N4OS/c1-13-4-3-10-6-7(13)5-8-11-12-9(14-8)15-2/h7,10H,3-6H2,1-2H3. The molecule has 1 unspecified atom stereocenters. The molecule has 0 saturated carbocycles. The van der Waals surface area contributed by atoms with E-state index in [1.807, 2.05) is 6.26 Å². The monoisotopic (exact) mass is 228 g/mol. The van der Waals surface area contributed by atoms with E-state index >= 15 is 0 Å². The highest BCUT2D eigenvalue weighted by Gasteiger charge is 2.21. The summed E-state index contributed by atoms with van der Waals surface area (Å²) in [6, 6.07) is 0.467. The van der Waals surface area contributed by atoms with Crippen molar-refractivity contribution < 1.29 is 4.42 Å². The van der Waals surface area contributed by atoms with Crippen molar-refractivity contribution in [2.75, 3.05) is 32.9 Å². The Labute approximate surface area is 93.6 Å². The molecule has 0 spiro atoms. The van der Waals surface area contributed by atoms with E-state index in [4.69, 9.17) is 4.42 Å². The van der Waals surface area contributed by atoms with Gasteiger partial charge in [0, 0.05) is 32.1 Å². The minimum absolute atomic E-state index is 0.467. The molecule has 0 amide bonds. The molecule has 5 nitrogen and oxygen atoms in total. The van der Waals surface area contributed by atoms with Crippen LogP contribution < -0.4 is 5.32 Å². The summed E-state index contributed by atoms with van der Waals surface area (Å²) < 4.78 is 5.47. The Morgan fingerprint density at radius 2 is 2.47 bits per heavy atom. The van der Waals surface area contributed by atoms with Gasteiger partial charge in [-0.05, 0) is 13.3 Å². The van der Waals surface area contributed by atoms with Crippen LogP contribution in [0.5, 0.6) is 0 Å². The summed E-state index contributed by atoms with van der Waals surface area (Å²) in [6.07, 6.45) is 2.77. The van der Waals surface area contributed by atoms with Gasteiger partial charge in [-0.1, -0.05) is 11.8 Å².